The first-order valence-corrected chi connectivity index (χ1v) is 12.1. The second-order valence-corrected chi connectivity index (χ2v) is 9.85. The number of alkyl halides is 3. The van der Waals surface area contributed by atoms with Gasteiger partial charge in [-0.1, -0.05) is 28.3 Å². The molecule has 3 heterocycles. The van der Waals surface area contributed by atoms with Crippen LogP contribution in [-0.4, -0.2) is 75.7 Å². The first-order valence-electron chi connectivity index (χ1n) is 9.54. The van der Waals surface area contributed by atoms with Gasteiger partial charge in [-0.25, -0.2) is 14.6 Å². The number of thioether (sulfide) groups is 1. The predicted octanol–water partition coefficient (Wildman–Crippen LogP) is 2.52. The van der Waals surface area contributed by atoms with Gasteiger partial charge in [0.2, 0.25) is 0 Å². The van der Waals surface area contributed by atoms with Crippen LogP contribution >= 0.6 is 39.0 Å². The molecule has 186 valence electrons. The molecule has 3 aromatic rings. The molecule has 4 atom stereocenters. The lowest BCUT2D eigenvalue weighted by Gasteiger charge is -2.28. The highest BCUT2D eigenvalue weighted by Crippen LogP contribution is 2.36. The smallest absolute Gasteiger partial charge is 0.434 e. The largest absolute Gasteiger partial charge is 0.486 e. The van der Waals surface area contributed by atoms with Gasteiger partial charge >= 0.3 is 6.18 Å². The Bertz CT molecular complexity index is 1100. The monoisotopic (exact) mass is 585 g/mol. The van der Waals surface area contributed by atoms with Crippen LogP contribution in [0.25, 0.3) is 11.4 Å². The molecule has 0 saturated heterocycles. The van der Waals surface area contributed by atoms with Crippen LogP contribution in [0.4, 0.5) is 13.2 Å². The van der Waals surface area contributed by atoms with Gasteiger partial charge in [0.05, 0.1) is 25.5 Å². The number of nitrogens with zero attached hydrogens (tertiary/aromatic N) is 5. The van der Waals surface area contributed by atoms with E-state index in [0.29, 0.717) is 11.4 Å². The number of aromatic hydroxyl groups is 1. The van der Waals surface area contributed by atoms with Crippen LogP contribution in [0.15, 0.2) is 33.2 Å². The van der Waals surface area contributed by atoms with Crippen molar-refractivity contribution in [2.75, 3.05) is 6.61 Å². The van der Waals surface area contributed by atoms with E-state index in [1.54, 1.807) is 5.38 Å². The highest BCUT2D eigenvalue weighted by atomic mass is 79.9. The molecule has 3 rings (SSSR count). The van der Waals surface area contributed by atoms with Crippen molar-refractivity contribution < 1.29 is 38.3 Å². The third-order valence-corrected chi connectivity index (χ3v) is 6.75. The van der Waals surface area contributed by atoms with E-state index in [9.17, 15) is 33.6 Å². The summed E-state index contributed by atoms with van der Waals surface area (Å²) in [6.07, 6.45) is -5.63. The van der Waals surface area contributed by atoms with Crippen molar-refractivity contribution in [3.05, 3.63) is 34.0 Å². The Kier molecular flexibility index (Phi) is 8.88. The molecule has 16 heteroatoms. The number of rotatable bonds is 10. The van der Waals surface area contributed by atoms with Crippen molar-refractivity contribution in [2.24, 2.45) is 0 Å². The van der Waals surface area contributed by atoms with E-state index in [0.717, 1.165) is 29.3 Å². The molecule has 3 aromatic heterocycles. The molecule has 0 aliphatic carbocycles. The number of aliphatic hydroxyl groups excluding tert-OH is 3. The van der Waals surface area contributed by atoms with Crippen LogP contribution in [-0.2, 0) is 17.5 Å². The topological polar surface area (TPSA) is 147 Å². The molecule has 34 heavy (non-hydrogen) atoms. The summed E-state index contributed by atoms with van der Waals surface area (Å²) in [5.74, 6) is 0. The van der Waals surface area contributed by atoms with Gasteiger partial charge < -0.3 is 25.2 Å². The zero-order chi connectivity index (χ0) is 25.0. The number of thiazole rings is 1. The van der Waals surface area contributed by atoms with Gasteiger partial charge in [0.15, 0.2) is 5.69 Å². The maximum atomic E-state index is 13.0. The summed E-state index contributed by atoms with van der Waals surface area (Å²) in [5.41, 5.74) is -1.49. The molecular weight excluding hydrogens is 567 g/mol. The number of hydrogen-bond acceptors (Lipinski definition) is 11. The fourth-order valence-corrected chi connectivity index (χ4v) is 4.95. The number of pyridine rings is 1. The Morgan fingerprint density at radius 1 is 1.29 bits per heavy atom. The molecule has 0 aromatic carbocycles. The number of aliphatic hydroxyl groups is 3. The minimum absolute atomic E-state index is 0.140. The van der Waals surface area contributed by atoms with Gasteiger partial charge in [-0.15, -0.1) is 5.10 Å². The average molecular weight is 586 g/mol. The summed E-state index contributed by atoms with van der Waals surface area (Å²) in [4.78, 5) is 7.56. The van der Waals surface area contributed by atoms with Crippen LogP contribution in [0.2, 0.25) is 0 Å². The van der Waals surface area contributed by atoms with Gasteiger partial charge in [-0.05, 0) is 28.9 Å². The van der Waals surface area contributed by atoms with Crippen molar-refractivity contribution >= 4 is 39.0 Å². The maximum Gasteiger partial charge on any atom is 0.434 e. The lowest BCUT2D eigenvalue weighted by Crippen LogP contribution is -2.39. The Morgan fingerprint density at radius 2 is 2.03 bits per heavy atom. The first kappa shape index (κ1) is 26.8. The molecule has 0 fully saturated rings. The highest BCUT2D eigenvalue weighted by molar-refractivity contribution is 9.10. The zero-order valence-corrected chi connectivity index (χ0v) is 20.5. The SMILES string of the molecule is C[C@@H](O)C(CO)OC(Sc1cnc(C(F)(F)F)c(Br)c1)[C@@H](O)Cn1cc(-c2csc(O)n2)nn1. The molecule has 0 amide bonds. The van der Waals surface area contributed by atoms with E-state index in [-0.39, 0.29) is 21.1 Å². The summed E-state index contributed by atoms with van der Waals surface area (Å²) in [6, 6.07) is 1.18. The average Bonchev–Trinajstić information content (AvgIpc) is 3.38. The minimum atomic E-state index is -4.65. The van der Waals surface area contributed by atoms with E-state index in [2.05, 4.69) is 36.2 Å². The van der Waals surface area contributed by atoms with Crippen LogP contribution in [0.1, 0.15) is 12.6 Å². The van der Waals surface area contributed by atoms with Crippen LogP contribution in [0, 0.1) is 0 Å². The van der Waals surface area contributed by atoms with Gasteiger partial charge in [0.25, 0.3) is 5.19 Å². The third-order valence-electron chi connectivity index (χ3n) is 4.35. The molecule has 0 saturated carbocycles. The normalized spacial score (nSPS) is 15.8. The fourth-order valence-electron chi connectivity index (χ4n) is 2.67. The molecule has 0 radical (unpaired) electrons. The van der Waals surface area contributed by atoms with Gasteiger partial charge in [-0.3, -0.25) is 0 Å². The first-order chi connectivity index (χ1) is 16.0. The molecule has 0 aliphatic heterocycles. The van der Waals surface area contributed by atoms with Crippen LogP contribution in [0.3, 0.4) is 0 Å². The molecule has 0 bridgehead atoms. The predicted molar refractivity (Wildman–Crippen MR) is 119 cm³/mol. The second-order valence-electron chi connectivity index (χ2n) is 6.99. The summed E-state index contributed by atoms with van der Waals surface area (Å²) in [6.45, 7) is 0.684. The van der Waals surface area contributed by atoms with Gasteiger partial charge in [-0.2, -0.15) is 13.2 Å². The summed E-state index contributed by atoms with van der Waals surface area (Å²) < 4.78 is 45.7. The zero-order valence-electron chi connectivity index (χ0n) is 17.3. The Hall–Kier alpha value is -1.82. The Labute approximate surface area is 207 Å². The number of halogens is 4. The van der Waals surface area contributed by atoms with E-state index in [1.165, 1.54) is 23.9 Å². The molecule has 4 N–H and O–H groups in total. The van der Waals surface area contributed by atoms with Crippen molar-refractivity contribution in [3.63, 3.8) is 0 Å². The van der Waals surface area contributed by atoms with E-state index >= 15 is 0 Å². The number of ether oxygens (including phenoxy) is 1. The van der Waals surface area contributed by atoms with Crippen molar-refractivity contribution in [3.8, 4) is 16.6 Å². The summed E-state index contributed by atoms with van der Waals surface area (Å²) in [5, 5.41) is 48.8. The molecule has 0 aliphatic rings. The van der Waals surface area contributed by atoms with E-state index in [1.807, 2.05) is 0 Å². The highest BCUT2D eigenvalue weighted by Gasteiger charge is 2.35. The molecular formula is C18H19BrF3N5O5S2. The van der Waals surface area contributed by atoms with Gasteiger partial charge in [0.1, 0.15) is 29.0 Å². The van der Waals surface area contributed by atoms with Crippen molar-refractivity contribution in [2.45, 2.75) is 48.3 Å². The van der Waals surface area contributed by atoms with Crippen LogP contribution < -0.4 is 0 Å². The molecule has 2 unspecified atom stereocenters. The fraction of sp³-hybridized carbons (Fsp3) is 0.444. The number of hydrogen-bond donors (Lipinski definition) is 4. The van der Waals surface area contributed by atoms with Crippen molar-refractivity contribution in [1.82, 2.24) is 25.0 Å². The quantitative estimate of drug-likeness (QED) is 0.207. The maximum absolute atomic E-state index is 13.0. The lowest BCUT2D eigenvalue weighted by molar-refractivity contribution is -0.141. The lowest BCUT2D eigenvalue weighted by atomic mass is 10.2. The van der Waals surface area contributed by atoms with E-state index < -0.39 is 42.2 Å². The van der Waals surface area contributed by atoms with Gasteiger partial charge in [0, 0.05) is 20.9 Å². The summed E-state index contributed by atoms with van der Waals surface area (Å²) in [7, 11) is 0. The van der Waals surface area contributed by atoms with Crippen LogP contribution in [0.5, 0.6) is 5.19 Å². The molecule has 10 nitrogen and oxygen atoms in total. The Balaban J connectivity index is 1.79. The van der Waals surface area contributed by atoms with E-state index in [4.69, 9.17) is 4.74 Å². The second kappa shape index (κ2) is 11.3. The standard InChI is InChI=1S/C18H19BrF3N5O5S2/c1-8(29)14(6-28)32-16(34-9-2-10(19)15(23-3-9)18(20,21)22)13(30)5-27-4-11(25-26-27)12-7-33-17(31)24-12/h2-4,7-8,13-14,16,28-30H,5-6H2,1H3,(H,24,31)/t8-,13+,14?,16?/m1/s1. The molecule has 0 spiro atoms. The summed E-state index contributed by atoms with van der Waals surface area (Å²) >= 11 is 4.72. The van der Waals surface area contributed by atoms with Crippen molar-refractivity contribution in [1.29, 1.82) is 0 Å². The Morgan fingerprint density at radius 3 is 2.59 bits per heavy atom. The third kappa shape index (κ3) is 6.87. The minimum Gasteiger partial charge on any atom is -0.486 e. The number of aromatic nitrogens is 5.